The molecule has 1 amide bonds. The number of anilines is 1. The Morgan fingerprint density at radius 1 is 1.04 bits per heavy atom. The summed E-state index contributed by atoms with van der Waals surface area (Å²) in [5, 5.41) is 9.07. The van der Waals surface area contributed by atoms with Gasteiger partial charge in [-0.05, 0) is 35.4 Å². The fourth-order valence-electron chi connectivity index (χ4n) is 2.20. The number of benzene rings is 2. The summed E-state index contributed by atoms with van der Waals surface area (Å²) < 4.78 is 13.2. The Bertz CT molecular complexity index is 737. The van der Waals surface area contributed by atoms with Crippen LogP contribution >= 0.6 is 24.0 Å². The third-order valence-corrected chi connectivity index (χ3v) is 3.28. The highest BCUT2D eigenvalue weighted by atomic mass is 127. The minimum absolute atomic E-state index is 0. The molecule has 134 valence electrons. The van der Waals surface area contributed by atoms with Crippen LogP contribution in [-0.4, -0.2) is 18.9 Å². The molecule has 5 nitrogen and oxygen atoms in total. The minimum atomic E-state index is -0.257. The van der Waals surface area contributed by atoms with Crippen molar-refractivity contribution in [2.24, 2.45) is 4.99 Å². The van der Waals surface area contributed by atoms with Crippen LogP contribution in [0.15, 0.2) is 53.5 Å². The number of rotatable bonds is 5. The summed E-state index contributed by atoms with van der Waals surface area (Å²) in [6, 6.07) is 14.0. The van der Waals surface area contributed by atoms with E-state index in [1.807, 2.05) is 30.3 Å². The first-order valence-corrected chi connectivity index (χ1v) is 7.62. The van der Waals surface area contributed by atoms with Crippen molar-refractivity contribution in [1.29, 1.82) is 0 Å². The summed E-state index contributed by atoms with van der Waals surface area (Å²) >= 11 is 0. The Morgan fingerprint density at radius 3 is 2.20 bits per heavy atom. The Balaban J connectivity index is 0.00000312. The summed E-state index contributed by atoms with van der Waals surface area (Å²) in [5.41, 5.74) is 2.60. The predicted molar refractivity (Wildman–Crippen MR) is 110 cm³/mol. The second kappa shape index (κ2) is 10.7. The van der Waals surface area contributed by atoms with Gasteiger partial charge in [-0.3, -0.25) is 9.79 Å². The number of aliphatic imine (C=N–C) groups is 1. The van der Waals surface area contributed by atoms with Crippen molar-refractivity contribution < 1.29 is 9.18 Å². The Hall–Kier alpha value is -2.16. The van der Waals surface area contributed by atoms with Gasteiger partial charge in [-0.1, -0.05) is 24.3 Å². The van der Waals surface area contributed by atoms with Crippen LogP contribution in [0.3, 0.4) is 0 Å². The second-order valence-corrected chi connectivity index (χ2v) is 5.29. The number of carbonyl (C=O) groups is 1. The second-order valence-electron chi connectivity index (χ2n) is 5.29. The van der Waals surface area contributed by atoms with Gasteiger partial charge in [-0.2, -0.15) is 0 Å². The number of hydrogen-bond donors (Lipinski definition) is 3. The van der Waals surface area contributed by atoms with Gasteiger partial charge in [0.05, 0.1) is 0 Å². The van der Waals surface area contributed by atoms with Crippen molar-refractivity contribution in [3.8, 4) is 0 Å². The van der Waals surface area contributed by atoms with Gasteiger partial charge in [0.25, 0.3) is 0 Å². The van der Waals surface area contributed by atoms with E-state index in [4.69, 9.17) is 0 Å². The smallest absolute Gasteiger partial charge is 0.221 e. The van der Waals surface area contributed by atoms with E-state index in [0.29, 0.717) is 19.0 Å². The Morgan fingerprint density at radius 2 is 1.64 bits per heavy atom. The topological polar surface area (TPSA) is 65.5 Å². The zero-order valence-electron chi connectivity index (χ0n) is 14.2. The van der Waals surface area contributed by atoms with E-state index in [1.165, 1.54) is 19.1 Å². The molecule has 0 aliphatic heterocycles. The van der Waals surface area contributed by atoms with Crippen LogP contribution in [0.5, 0.6) is 0 Å². The highest BCUT2D eigenvalue weighted by molar-refractivity contribution is 14.0. The lowest BCUT2D eigenvalue weighted by molar-refractivity contribution is -0.114. The molecule has 0 aliphatic rings. The zero-order valence-corrected chi connectivity index (χ0v) is 16.5. The first-order chi connectivity index (χ1) is 11.6. The van der Waals surface area contributed by atoms with Crippen LogP contribution < -0.4 is 16.0 Å². The average molecular weight is 456 g/mol. The molecule has 2 aromatic rings. The predicted octanol–water partition coefficient (Wildman–Crippen LogP) is 3.27. The molecule has 2 aromatic carbocycles. The SMILES string of the molecule is CN=C(NCc1cccc(F)c1)NCc1cccc(NC(C)=O)c1.I. The quantitative estimate of drug-likeness (QED) is 0.368. The van der Waals surface area contributed by atoms with E-state index in [0.717, 1.165) is 16.8 Å². The summed E-state index contributed by atoms with van der Waals surface area (Å²) in [4.78, 5) is 15.2. The van der Waals surface area contributed by atoms with Gasteiger partial charge in [0.1, 0.15) is 5.82 Å². The molecule has 0 aromatic heterocycles. The maximum absolute atomic E-state index is 13.2. The van der Waals surface area contributed by atoms with Crippen LogP contribution in [0.25, 0.3) is 0 Å². The number of guanidine groups is 1. The van der Waals surface area contributed by atoms with E-state index < -0.39 is 0 Å². The van der Waals surface area contributed by atoms with Gasteiger partial charge in [0, 0.05) is 32.7 Å². The highest BCUT2D eigenvalue weighted by Gasteiger charge is 2.02. The van der Waals surface area contributed by atoms with E-state index in [9.17, 15) is 9.18 Å². The molecule has 3 N–H and O–H groups in total. The molecule has 0 atom stereocenters. The molecule has 0 spiro atoms. The maximum Gasteiger partial charge on any atom is 0.221 e. The molecular formula is C18H22FIN4O. The van der Waals surface area contributed by atoms with Crippen molar-refractivity contribution in [3.05, 3.63) is 65.5 Å². The maximum atomic E-state index is 13.2. The Labute approximate surface area is 164 Å². The van der Waals surface area contributed by atoms with Crippen molar-refractivity contribution in [1.82, 2.24) is 10.6 Å². The summed E-state index contributed by atoms with van der Waals surface area (Å²) in [5.74, 6) is 0.254. The number of hydrogen-bond acceptors (Lipinski definition) is 2. The molecule has 25 heavy (non-hydrogen) atoms. The van der Waals surface area contributed by atoms with Crippen LogP contribution in [-0.2, 0) is 17.9 Å². The number of carbonyl (C=O) groups excluding carboxylic acids is 1. The molecule has 0 saturated heterocycles. The monoisotopic (exact) mass is 456 g/mol. The van der Waals surface area contributed by atoms with Crippen molar-refractivity contribution in [2.45, 2.75) is 20.0 Å². The first-order valence-electron chi connectivity index (χ1n) is 7.62. The highest BCUT2D eigenvalue weighted by Crippen LogP contribution is 2.10. The minimum Gasteiger partial charge on any atom is -0.352 e. The van der Waals surface area contributed by atoms with Gasteiger partial charge in [-0.15, -0.1) is 24.0 Å². The lowest BCUT2D eigenvalue weighted by atomic mass is 10.2. The van der Waals surface area contributed by atoms with Crippen LogP contribution in [0.4, 0.5) is 10.1 Å². The Kier molecular flexibility index (Phi) is 8.90. The summed E-state index contributed by atoms with van der Waals surface area (Å²) in [7, 11) is 1.68. The standard InChI is InChI=1S/C18H21FN4O.HI/c1-13(24)23-17-8-4-6-15(10-17)12-22-18(20-2)21-11-14-5-3-7-16(19)9-14;/h3-10H,11-12H2,1-2H3,(H,23,24)(H2,20,21,22);1H. The number of amides is 1. The summed E-state index contributed by atoms with van der Waals surface area (Å²) in [6.45, 7) is 2.50. The fraction of sp³-hybridized carbons (Fsp3) is 0.222. The third kappa shape index (κ3) is 7.51. The summed E-state index contributed by atoms with van der Waals surface area (Å²) in [6.07, 6.45) is 0. The van der Waals surface area contributed by atoms with Gasteiger partial charge in [0.15, 0.2) is 5.96 Å². The number of nitrogens with one attached hydrogen (secondary N) is 3. The van der Waals surface area contributed by atoms with Gasteiger partial charge in [-0.25, -0.2) is 4.39 Å². The first kappa shape index (κ1) is 20.9. The zero-order chi connectivity index (χ0) is 17.4. The molecule has 0 bridgehead atoms. The van der Waals surface area contributed by atoms with Crippen LogP contribution in [0, 0.1) is 5.82 Å². The number of nitrogens with zero attached hydrogens (tertiary/aromatic N) is 1. The van der Waals surface area contributed by atoms with Crippen LogP contribution in [0.2, 0.25) is 0 Å². The molecule has 0 saturated carbocycles. The molecule has 0 heterocycles. The van der Waals surface area contributed by atoms with Gasteiger partial charge < -0.3 is 16.0 Å². The van der Waals surface area contributed by atoms with Crippen LogP contribution in [0.1, 0.15) is 18.1 Å². The normalized spacial score (nSPS) is 10.6. The molecule has 0 radical (unpaired) electrons. The largest absolute Gasteiger partial charge is 0.352 e. The molecular weight excluding hydrogens is 434 g/mol. The number of halogens is 2. The van der Waals surface area contributed by atoms with E-state index >= 15 is 0 Å². The van der Waals surface area contributed by atoms with Crippen molar-refractivity contribution in [3.63, 3.8) is 0 Å². The van der Waals surface area contributed by atoms with Crippen molar-refractivity contribution >= 4 is 41.5 Å². The van der Waals surface area contributed by atoms with Gasteiger partial charge in [0.2, 0.25) is 5.91 Å². The lowest BCUT2D eigenvalue weighted by Gasteiger charge is -2.13. The van der Waals surface area contributed by atoms with E-state index in [1.54, 1.807) is 13.1 Å². The molecule has 2 rings (SSSR count). The fourth-order valence-corrected chi connectivity index (χ4v) is 2.20. The molecule has 0 aliphatic carbocycles. The van der Waals surface area contributed by atoms with E-state index in [2.05, 4.69) is 20.9 Å². The molecule has 0 fully saturated rings. The lowest BCUT2D eigenvalue weighted by Crippen LogP contribution is -2.36. The average Bonchev–Trinajstić information content (AvgIpc) is 2.55. The molecule has 0 unspecified atom stereocenters. The van der Waals surface area contributed by atoms with E-state index in [-0.39, 0.29) is 35.7 Å². The molecule has 7 heteroatoms. The van der Waals surface area contributed by atoms with Crippen molar-refractivity contribution in [2.75, 3.05) is 12.4 Å². The van der Waals surface area contributed by atoms with Gasteiger partial charge >= 0.3 is 0 Å². The third-order valence-electron chi connectivity index (χ3n) is 3.28.